The third kappa shape index (κ3) is 5.19. The number of benzene rings is 2. The topological polar surface area (TPSA) is 117 Å². The highest BCUT2D eigenvalue weighted by Crippen LogP contribution is 2.29. The lowest BCUT2D eigenvalue weighted by molar-refractivity contribution is -0.384. The van der Waals surface area contributed by atoms with Crippen molar-refractivity contribution in [1.29, 1.82) is 0 Å². The molecule has 0 radical (unpaired) electrons. The summed E-state index contributed by atoms with van der Waals surface area (Å²) >= 11 is 0. The van der Waals surface area contributed by atoms with Gasteiger partial charge in [0, 0.05) is 17.7 Å². The summed E-state index contributed by atoms with van der Waals surface area (Å²) in [6.45, 7) is 1.22. The van der Waals surface area contributed by atoms with E-state index in [-0.39, 0.29) is 11.3 Å². The molecule has 1 atom stereocenters. The molecule has 0 spiro atoms. The van der Waals surface area contributed by atoms with E-state index in [1.54, 1.807) is 25.1 Å². The zero-order chi connectivity index (χ0) is 20.7. The molecule has 9 nitrogen and oxygen atoms in total. The highest BCUT2D eigenvalue weighted by Gasteiger charge is 2.18. The minimum absolute atomic E-state index is 0.00971. The van der Waals surface area contributed by atoms with Gasteiger partial charge in [-0.15, -0.1) is 0 Å². The maximum Gasteiger partial charge on any atom is 0.338 e. The summed E-state index contributed by atoms with van der Waals surface area (Å²) in [5.74, 6) is -0.183. The normalized spacial score (nSPS) is 11.2. The van der Waals surface area contributed by atoms with Gasteiger partial charge < -0.3 is 19.5 Å². The van der Waals surface area contributed by atoms with E-state index >= 15 is 0 Å². The highest BCUT2D eigenvalue weighted by molar-refractivity contribution is 5.92. The smallest absolute Gasteiger partial charge is 0.338 e. The molecule has 9 heteroatoms. The summed E-state index contributed by atoms with van der Waals surface area (Å²) in [6.07, 6.45) is 0. The number of hydrogen-bond acceptors (Lipinski definition) is 7. The summed E-state index contributed by atoms with van der Waals surface area (Å²) in [5, 5.41) is 13.5. The van der Waals surface area contributed by atoms with Gasteiger partial charge in [-0.2, -0.15) is 0 Å². The fraction of sp³-hybridized carbons (Fsp3) is 0.263. The van der Waals surface area contributed by atoms with Crippen molar-refractivity contribution in [3.63, 3.8) is 0 Å². The molecule has 0 unspecified atom stereocenters. The predicted molar refractivity (Wildman–Crippen MR) is 99.5 cm³/mol. The lowest BCUT2D eigenvalue weighted by atomic mass is 10.1. The molecule has 0 fully saturated rings. The van der Waals surface area contributed by atoms with E-state index in [0.717, 1.165) is 6.07 Å². The van der Waals surface area contributed by atoms with Crippen molar-refractivity contribution in [1.82, 2.24) is 5.32 Å². The van der Waals surface area contributed by atoms with Crippen molar-refractivity contribution in [2.24, 2.45) is 0 Å². The van der Waals surface area contributed by atoms with Crippen LogP contribution in [0.2, 0.25) is 0 Å². The van der Waals surface area contributed by atoms with Crippen LogP contribution in [0.3, 0.4) is 0 Å². The van der Waals surface area contributed by atoms with Crippen LogP contribution in [-0.2, 0) is 9.53 Å². The lowest BCUT2D eigenvalue weighted by Gasteiger charge is -2.18. The Kier molecular flexibility index (Phi) is 6.91. The van der Waals surface area contributed by atoms with Crippen LogP contribution in [-0.4, -0.2) is 37.6 Å². The number of esters is 1. The van der Waals surface area contributed by atoms with E-state index < -0.39 is 29.4 Å². The molecule has 1 amide bonds. The molecule has 0 saturated heterocycles. The summed E-state index contributed by atoms with van der Waals surface area (Å²) in [5.41, 5.74) is 0.447. The van der Waals surface area contributed by atoms with Crippen molar-refractivity contribution in [2.75, 3.05) is 20.8 Å². The Morgan fingerprint density at radius 2 is 1.89 bits per heavy atom. The van der Waals surface area contributed by atoms with Crippen LogP contribution < -0.4 is 14.8 Å². The summed E-state index contributed by atoms with van der Waals surface area (Å²) in [7, 11) is 3.04. The number of carbonyl (C=O) groups is 2. The van der Waals surface area contributed by atoms with Gasteiger partial charge in [-0.1, -0.05) is 6.07 Å². The molecule has 0 bridgehead atoms. The van der Waals surface area contributed by atoms with Crippen LogP contribution in [0.15, 0.2) is 42.5 Å². The molecule has 2 aromatic rings. The maximum atomic E-state index is 12.1. The molecular weight excluding hydrogens is 368 g/mol. The average Bonchev–Trinajstić information content (AvgIpc) is 2.71. The molecule has 148 valence electrons. The number of methoxy groups -OCH3 is 2. The van der Waals surface area contributed by atoms with E-state index in [2.05, 4.69) is 5.32 Å². The molecule has 0 aliphatic carbocycles. The number of nitrogens with zero attached hydrogens (tertiary/aromatic N) is 1. The monoisotopic (exact) mass is 388 g/mol. The molecule has 0 aromatic heterocycles. The number of nitrogens with one attached hydrogen (secondary N) is 1. The van der Waals surface area contributed by atoms with Gasteiger partial charge in [0.15, 0.2) is 6.61 Å². The van der Waals surface area contributed by atoms with E-state index in [1.807, 2.05) is 0 Å². The number of amides is 1. The first-order valence-corrected chi connectivity index (χ1v) is 8.28. The minimum Gasteiger partial charge on any atom is -0.497 e. The third-order valence-electron chi connectivity index (χ3n) is 3.91. The van der Waals surface area contributed by atoms with Crippen molar-refractivity contribution < 1.29 is 28.7 Å². The number of carbonyl (C=O) groups excluding carboxylic acids is 2. The van der Waals surface area contributed by atoms with Gasteiger partial charge in [0.25, 0.3) is 11.6 Å². The maximum absolute atomic E-state index is 12.1. The largest absolute Gasteiger partial charge is 0.497 e. The summed E-state index contributed by atoms with van der Waals surface area (Å²) in [4.78, 5) is 34.3. The second-order valence-corrected chi connectivity index (χ2v) is 5.78. The molecule has 2 aromatic carbocycles. The van der Waals surface area contributed by atoms with E-state index in [1.165, 1.54) is 32.4 Å². The summed E-state index contributed by atoms with van der Waals surface area (Å²) in [6, 6.07) is 9.84. The molecule has 28 heavy (non-hydrogen) atoms. The molecule has 2 rings (SSSR count). The van der Waals surface area contributed by atoms with Crippen molar-refractivity contribution in [3.8, 4) is 11.5 Å². The molecule has 0 saturated carbocycles. The highest BCUT2D eigenvalue weighted by atomic mass is 16.6. The van der Waals surface area contributed by atoms with Gasteiger partial charge in [-0.25, -0.2) is 4.79 Å². The molecule has 0 aliphatic heterocycles. The van der Waals surface area contributed by atoms with E-state index in [9.17, 15) is 19.7 Å². The first kappa shape index (κ1) is 20.7. The molecular formula is C19H20N2O7. The number of nitro benzene ring substituents is 1. The minimum atomic E-state index is -0.828. The first-order chi connectivity index (χ1) is 13.3. The molecule has 1 N–H and O–H groups in total. The SMILES string of the molecule is COc1ccc(OC)c([C@@H](C)NC(=O)COC(=O)c2cccc([N+](=O)[O-])c2)c1. The standard InChI is InChI=1S/C19H20N2O7/c1-12(16-10-15(26-2)7-8-17(16)27-3)20-18(22)11-28-19(23)13-5-4-6-14(9-13)21(24)25/h4-10,12H,11H2,1-3H3,(H,20,22)/t12-/m1/s1. The first-order valence-electron chi connectivity index (χ1n) is 8.28. The van der Waals surface area contributed by atoms with E-state index in [4.69, 9.17) is 14.2 Å². The van der Waals surface area contributed by atoms with Crippen molar-refractivity contribution >= 4 is 17.6 Å². The summed E-state index contributed by atoms with van der Waals surface area (Å²) < 4.78 is 15.4. The Balaban J connectivity index is 1.98. The molecule has 0 aliphatic rings. The second-order valence-electron chi connectivity index (χ2n) is 5.78. The number of non-ortho nitro benzene ring substituents is 1. The quantitative estimate of drug-likeness (QED) is 0.420. The van der Waals surface area contributed by atoms with Crippen LogP contribution in [0.4, 0.5) is 5.69 Å². The van der Waals surface area contributed by atoms with Gasteiger partial charge >= 0.3 is 5.97 Å². The van der Waals surface area contributed by atoms with E-state index in [0.29, 0.717) is 17.1 Å². The van der Waals surface area contributed by atoms with Crippen LogP contribution in [0.1, 0.15) is 28.9 Å². The van der Waals surface area contributed by atoms with Crippen LogP contribution in [0.25, 0.3) is 0 Å². The Bertz CT molecular complexity index is 882. The Labute approximate surface area is 161 Å². The fourth-order valence-corrected chi connectivity index (χ4v) is 2.50. The molecule has 0 heterocycles. The van der Waals surface area contributed by atoms with Gasteiger partial charge in [0.05, 0.1) is 30.7 Å². The van der Waals surface area contributed by atoms with Gasteiger partial charge in [-0.3, -0.25) is 14.9 Å². The number of nitro groups is 1. The van der Waals surface area contributed by atoms with Crippen molar-refractivity contribution in [3.05, 3.63) is 63.7 Å². The van der Waals surface area contributed by atoms with Crippen LogP contribution >= 0.6 is 0 Å². The van der Waals surface area contributed by atoms with Gasteiger partial charge in [0.1, 0.15) is 11.5 Å². The zero-order valence-electron chi connectivity index (χ0n) is 15.6. The number of hydrogen-bond donors (Lipinski definition) is 1. The van der Waals surface area contributed by atoms with Gasteiger partial charge in [0.2, 0.25) is 0 Å². The third-order valence-corrected chi connectivity index (χ3v) is 3.91. The van der Waals surface area contributed by atoms with Crippen LogP contribution in [0, 0.1) is 10.1 Å². The predicted octanol–water partition coefficient (Wildman–Crippen LogP) is 2.65. The average molecular weight is 388 g/mol. The Morgan fingerprint density at radius 1 is 1.14 bits per heavy atom. The Hall–Kier alpha value is -3.62. The second kappa shape index (κ2) is 9.36. The van der Waals surface area contributed by atoms with Crippen molar-refractivity contribution in [2.45, 2.75) is 13.0 Å². The Morgan fingerprint density at radius 3 is 2.54 bits per heavy atom. The lowest BCUT2D eigenvalue weighted by Crippen LogP contribution is -2.31. The zero-order valence-corrected chi connectivity index (χ0v) is 15.6. The van der Waals surface area contributed by atoms with Crippen LogP contribution in [0.5, 0.6) is 11.5 Å². The number of ether oxygens (including phenoxy) is 3. The fourth-order valence-electron chi connectivity index (χ4n) is 2.50. The van der Waals surface area contributed by atoms with Gasteiger partial charge in [-0.05, 0) is 31.2 Å². The number of rotatable bonds is 8.